The number of nitriles is 1. The van der Waals surface area contributed by atoms with Crippen molar-refractivity contribution in [2.24, 2.45) is 5.92 Å². The monoisotopic (exact) mass is 340 g/mol. The molecule has 1 aromatic carbocycles. The van der Waals surface area contributed by atoms with Crippen molar-refractivity contribution in [2.75, 3.05) is 0 Å². The summed E-state index contributed by atoms with van der Waals surface area (Å²) in [5, 5.41) is 9.14. The zero-order valence-corrected chi connectivity index (χ0v) is 14.6. The van der Waals surface area contributed by atoms with Gasteiger partial charge in [-0.3, -0.25) is 0 Å². The molecule has 1 unspecified atom stereocenters. The van der Waals surface area contributed by atoms with E-state index < -0.39 is 0 Å². The highest BCUT2D eigenvalue weighted by atomic mass is 15.2. The molecule has 0 saturated heterocycles. The first kappa shape index (κ1) is 15.3. The fourth-order valence-electron chi connectivity index (χ4n) is 4.94. The second-order valence-electron chi connectivity index (χ2n) is 7.43. The molecule has 1 atom stereocenters. The predicted molar refractivity (Wildman–Crippen MR) is 99.4 cm³/mol. The van der Waals surface area contributed by atoms with Crippen LogP contribution in [0.3, 0.4) is 0 Å². The molecule has 1 saturated carbocycles. The van der Waals surface area contributed by atoms with Crippen molar-refractivity contribution in [1.82, 2.24) is 14.5 Å². The van der Waals surface area contributed by atoms with Crippen molar-refractivity contribution in [3.8, 4) is 17.5 Å². The average Bonchev–Trinajstić information content (AvgIpc) is 3.42. The third-order valence-corrected chi connectivity index (χ3v) is 6.08. The van der Waals surface area contributed by atoms with Gasteiger partial charge in [0.15, 0.2) is 0 Å². The van der Waals surface area contributed by atoms with Gasteiger partial charge >= 0.3 is 0 Å². The third kappa shape index (κ3) is 2.07. The van der Waals surface area contributed by atoms with Crippen molar-refractivity contribution >= 4 is 0 Å². The molecule has 128 valence electrons. The van der Waals surface area contributed by atoms with Gasteiger partial charge in [-0.2, -0.15) is 5.26 Å². The molecule has 0 amide bonds. The Labute approximate surface area is 153 Å². The number of benzene rings is 1. The number of hydrogen-bond donors (Lipinski definition) is 0. The van der Waals surface area contributed by atoms with Crippen molar-refractivity contribution in [3.63, 3.8) is 0 Å². The lowest BCUT2D eigenvalue weighted by Gasteiger charge is -2.35. The highest BCUT2D eigenvalue weighted by Gasteiger charge is 2.46. The third-order valence-electron chi connectivity index (χ3n) is 6.08. The van der Waals surface area contributed by atoms with E-state index >= 15 is 0 Å². The van der Waals surface area contributed by atoms with Crippen LogP contribution in [-0.4, -0.2) is 14.5 Å². The van der Waals surface area contributed by atoms with Gasteiger partial charge in [0.1, 0.15) is 17.6 Å². The average molecular weight is 340 g/mol. The number of hydrogen-bond acceptors (Lipinski definition) is 3. The van der Waals surface area contributed by atoms with E-state index in [9.17, 15) is 0 Å². The zero-order valence-electron chi connectivity index (χ0n) is 14.6. The van der Waals surface area contributed by atoms with E-state index in [2.05, 4.69) is 57.1 Å². The molecule has 5 rings (SSSR count). The van der Waals surface area contributed by atoms with E-state index in [1.165, 1.54) is 36.8 Å². The molecule has 2 aliphatic rings. The molecule has 4 heteroatoms. The molecule has 3 aromatic rings. The van der Waals surface area contributed by atoms with Gasteiger partial charge in [-0.25, -0.2) is 9.97 Å². The van der Waals surface area contributed by atoms with Crippen molar-refractivity contribution in [3.05, 3.63) is 71.8 Å². The van der Waals surface area contributed by atoms with Gasteiger partial charge in [0.05, 0.1) is 5.54 Å². The van der Waals surface area contributed by atoms with Gasteiger partial charge in [-0.1, -0.05) is 56.0 Å². The molecule has 2 aromatic heterocycles. The fourth-order valence-corrected chi connectivity index (χ4v) is 4.94. The number of fused-ring (bicyclic) bond motifs is 3. The quantitative estimate of drug-likeness (QED) is 0.705. The predicted octanol–water partition coefficient (Wildman–Crippen LogP) is 4.50. The van der Waals surface area contributed by atoms with E-state index in [1.54, 1.807) is 0 Å². The molecule has 0 spiro atoms. The summed E-state index contributed by atoms with van der Waals surface area (Å²) in [6, 6.07) is 14.6. The van der Waals surface area contributed by atoms with Gasteiger partial charge in [-0.15, -0.1) is 0 Å². The lowest BCUT2D eigenvalue weighted by Crippen LogP contribution is -2.35. The SMILES string of the molecule is N#Cc1ccc(C2(CC3CCCC3)c3ccccc3-c3nccn32)cn1. The van der Waals surface area contributed by atoms with Crippen LogP contribution in [0.1, 0.15) is 48.9 Å². The Balaban J connectivity index is 1.76. The van der Waals surface area contributed by atoms with Crippen LogP contribution in [0.4, 0.5) is 0 Å². The number of aromatic nitrogens is 3. The van der Waals surface area contributed by atoms with Gasteiger partial charge in [0, 0.05) is 29.7 Å². The Morgan fingerprint density at radius 3 is 2.73 bits per heavy atom. The number of imidazole rings is 1. The maximum absolute atomic E-state index is 9.14. The van der Waals surface area contributed by atoms with Crippen molar-refractivity contribution in [2.45, 2.75) is 37.6 Å². The molecular formula is C22H20N4. The van der Waals surface area contributed by atoms with E-state index in [-0.39, 0.29) is 5.54 Å². The first-order chi connectivity index (χ1) is 12.8. The number of rotatable bonds is 3. The summed E-state index contributed by atoms with van der Waals surface area (Å²) in [7, 11) is 0. The van der Waals surface area contributed by atoms with Crippen LogP contribution in [0.25, 0.3) is 11.4 Å². The number of pyridine rings is 1. The fraction of sp³-hybridized carbons (Fsp3) is 0.318. The minimum Gasteiger partial charge on any atom is -0.317 e. The Bertz CT molecular complexity index is 989. The molecule has 0 N–H and O–H groups in total. The number of nitrogens with zero attached hydrogens (tertiary/aromatic N) is 4. The van der Waals surface area contributed by atoms with E-state index in [0.29, 0.717) is 11.6 Å². The van der Waals surface area contributed by atoms with E-state index in [4.69, 9.17) is 5.26 Å². The van der Waals surface area contributed by atoms with Crippen LogP contribution in [0.15, 0.2) is 55.0 Å². The van der Waals surface area contributed by atoms with Crippen LogP contribution < -0.4 is 0 Å². The van der Waals surface area contributed by atoms with Crippen molar-refractivity contribution in [1.29, 1.82) is 5.26 Å². The van der Waals surface area contributed by atoms with Crippen LogP contribution in [0.2, 0.25) is 0 Å². The Morgan fingerprint density at radius 1 is 1.12 bits per heavy atom. The standard InChI is InChI=1S/C22H20N4/c23-14-18-10-9-17(15-25-18)22(13-16-5-1-2-6-16)20-8-4-3-7-19(20)21-24-11-12-26(21)22/h3-4,7-12,15-16H,1-2,5-6,13H2. The zero-order chi connectivity index (χ0) is 17.6. The van der Waals surface area contributed by atoms with E-state index in [0.717, 1.165) is 17.8 Å². The van der Waals surface area contributed by atoms with Crippen LogP contribution in [-0.2, 0) is 5.54 Å². The van der Waals surface area contributed by atoms with Gasteiger partial charge in [-0.05, 0) is 24.0 Å². The molecule has 26 heavy (non-hydrogen) atoms. The maximum Gasteiger partial charge on any atom is 0.141 e. The summed E-state index contributed by atoms with van der Waals surface area (Å²) in [6.07, 6.45) is 12.2. The Hall–Kier alpha value is -2.93. The molecule has 1 aliphatic carbocycles. The summed E-state index contributed by atoms with van der Waals surface area (Å²) in [5.74, 6) is 1.73. The van der Waals surface area contributed by atoms with Crippen LogP contribution in [0, 0.1) is 17.2 Å². The molecule has 1 fully saturated rings. The minimum absolute atomic E-state index is 0.279. The lowest BCUT2D eigenvalue weighted by atomic mass is 9.76. The smallest absolute Gasteiger partial charge is 0.141 e. The highest BCUT2D eigenvalue weighted by molar-refractivity contribution is 5.71. The van der Waals surface area contributed by atoms with Crippen molar-refractivity contribution < 1.29 is 0 Å². The lowest BCUT2D eigenvalue weighted by molar-refractivity contribution is 0.331. The maximum atomic E-state index is 9.14. The highest BCUT2D eigenvalue weighted by Crippen LogP contribution is 2.51. The van der Waals surface area contributed by atoms with Crippen LogP contribution in [0.5, 0.6) is 0 Å². The normalized spacial score (nSPS) is 21.3. The van der Waals surface area contributed by atoms with Gasteiger partial charge in [0.25, 0.3) is 0 Å². The molecule has 3 heterocycles. The Morgan fingerprint density at radius 2 is 1.96 bits per heavy atom. The molecule has 0 bridgehead atoms. The van der Waals surface area contributed by atoms with Crippen LogP contribution >= 0.6 is 0 Å². The second-order valence-corrected chi connectivity index (χ2v) is 7.43. The summed E-state index contributed by atoms with van der Waals surface area (Å²) in [6.45, 7) is 0. The summed E-state index contributed by atoms with van der Waals surface area (Å²) in [4.78, 5) is 9.05. The Kier molecular flexibility index (Phi) is 3.43. The summed E-state index contributed by atoms with van der Waals surface area (Å²) >= 11 is 0. The van der Waals surface area contributed by atoms with Gasteiger partial charge in [0.2, 0.25) is 0 Å². The molecule has 4 nitrogen and oxygen atoms in total. The first-order valence-corrected chi connectivity index (χ1v) is 9.33. The van der Waals surface area contributed by atoms with E-state index in [1.807, 2.05) is 18.5 Å². The first-order valence-electron chi connectivity index (χ1n) is 9.33. The second kappa shape index (κ2) is 5.81. The largest absolute Gasteiger partial charge is 0.317 e. The summed E-state index contributed by atoms with van der Waals surface area (Å²) in [5.41, 5.74) is 3.84. The van der Waals surface area contributed by atoms with Gasteiger partial charge < -0.3 is 4.57 Å². The minimum atomic E-state index is -0.279. The molecule has 1 aliphatic heterocycles. The summed E-state index contributed by atoms with van der Waals surface area (Å²) < 4.78 is 2.33. The molecular weight excluding hydrogens is 320 g/mol. The molecule has 0 radical (unpaired) electrons. The topological polar surface area (TPSA) is 54.5 Å².